The maximum absolute atomic E-state index is 14.7. The number of rotatable bonds is 6. The molecule has 2 aliphatic heterocycles. The number of hydroxylamine groups is 2. The highest BCUT2D eigenvalue weighted by Gasteiger charge is 2.54. The summed E-state index contributed by atoms with van der Waals surface area (Å²) in [4.78, 5) is 13.8. The van der Waals surface area contributed by atoms with E-state index in [2.05, 4.69) is 34.3 Å². The van der Waals surface area contributed by atoms with Crippen LogP contribution in [0.3, 0.4) is 0 Å². The Morgan fingerprint density at radius 1 is 1.17 bits per heavy atom. The van der Waals surface area contributed by atoms with E-state index in [-0.39, 0.29) is 39.9 Å². The zero-order chi connectivity index (χ0) is 25.7. The summed E-state index contributed by atoms with van der Waals surface area (Å²) in [5, 5.41) is 34.4. The van der Waals surface area contributed by atoms with E-state index in [0.29, 0.717) is 11.7 Å². The Morgan fingerprint density at radius 3 is 2.44 bits per heavy atom. The second-order valence-corrected chi connectivity index (χ2v) is 11.0. The number of phenols is 1. The molecule has 1 saturated carbocycles. The Balaban J connectivity index is 1.40. The van der Waals surface area contributed by atoms with Crippen molar-refractivity contribution in [1.82, 2.24) is 20.6 Å². The van der Waals surface area contributed by atoms with Crippen molar-refractivity contribution in [3.63, 3.8) is 0 Å². The van der Waals surface area contributed by atoms with Crippen LogP contribution in [0.15, 0.2) is 30.3 Å². The molecule has 192 valence electrons. The Morgan fingerprint density at radius 2 is 1.86 bits per heavy atom. The molecule has 1 amide bonds. The molecule has 5 rings (SSSR count). The molecule has 1 aromatic heterocycles. The van der Waals surface area contributed by atoms with Gasteiger partial charge in [0.15, 0.2) is 5.82 Å². The van der Waals surface area contributed by atoms with Crippen LogP contribution in [-0.2, 0) is 4.79 Å². The zero-order valence-electron chi connectivity index (χ0n) is 21.0. The molecule has 2 bridgehead atoms. The standard InChI is InChI=1S/C27H34FN5O3/c1-26-11-4-12-27(2,33(26)36)16-19(15-26)32(18-6-7-18)24-9-8-22(30-31-24)20-14-21(28)17(13-23(20)34)5-10-25(35)29-3/h5,8-10,13-14,18-19,34,36H,4,6-7,11-12,15-16H2,1-3H3,(H,29,35)/b10-5+/t19-,26-,27+. The van der Waals surface area contributed by atoms with E-state index in [9.17, 15) is 19.5 Å². The number of aromatic nitrogens is 2. The number of amides is 1. The molecule has 0 unspecified atom stereocenters. The Bertz CT molecular complexity index is 1160. The minimum Gasteiger partial charge on any atom is -0.507 e. The molecule has 8 nitrogen and oxygen atoms in total. The first-order chi connectivity index (χ1) is 17.1. The molecule has 3 N–H and O–H groups in total. The number of piperidine rings is 2. The van der Waals surface area contributed by atoms with Gasteiger partial charge in [0.2, 0.25) is 5.91 Å². The second-order valence-electron chi connectivity index (χ2n) is 11.0. The third-order valence-corrected chi connectivity index (χ3v) is 8.10. The first kappa shape index (κ1) is 24.6. The van der Waals surface area contributed by atoms with Gasteiger partial charge in [-0.15, -0.1) is 10.2 Å². The van der Waals surface area contributed by atoms with Gasteiger partial charge in [-0.05, 0) is 89.1 Å². The van der Waals surface area contributed by atoms with E-state index in [1.165, 1.54) is 31.3 Å². The van der Waals surface area contributed by atoms with Crippen LogP contribution >= 0.6 is 0 Å². The maximum Gasteiger partial charge on any atom is 0.243 e. The smallest absolute Gasteiger partial charge is 0.243 e. The lowest BCUT2D eigenvalue weighted by molar-refractivity contribution is -0.274. The number of fused-ring (bicyclic) bond motifs is 2. The minimum atomic E-state index is -0.572. The first-order valence-corrected chi connectivity index (χ1v) is 12.7. The molecule has 1 aromatic carbocycles. The number of nitrogens with zero attached hydrogens (tertiary/aromatic N) is 4. The van der Waals surface area contributed by atoms with E-state index in [1.807, 2.05) is 6.07 Å². The molecular weight excluding hydrogens is 461 g/mol. The molecule has 1 aliphatic carbocycles. The number of phenolic OH excluding ortho intramolecular Hbond substituents is 1. The molecule has 0 spiro atoms. The van der Waals surface area contributed by atoms with Crippen molar-refractivity contribution >= 4 is 17.8 Å². The van der Waals surface area contributed by atoms with Gasteiger partial charge in [0.1, 0.15) is 11.6 Å². The van der Waals surface area contributed by atoms with Crippen molar-refractivity contribution in [2.24, 2.45) is 0 Å². The minimum absolute atomic E-state index is 0.104. The molecular formula is C27H34FN5O3. The topological polar surface area (TPSA) is 102 Å². The van der Waals surface area contributed by atoms with Gasteiger partial charge in [-0.1, -0.05) is 0 Å². The Labute approximate surface area is 210 Å². The zero-order valence-corrected chi connectivity index (χ0v) is 21.0. The van der Waals surface area contributed by atoms with Gasteiger partial charge in [-0.25, -0.2) is 4.39 Å². The fourth-order valence-corrected chi connectivity index (χ4v) is 6.17. The summed E-state index contributed by atoms with van der Waals surface area (Å²) in [5.74, 6) is -0.306. The lowest BCUT2D eigenvalue weighted by Gasteiger charge is -2.59. The van der Waals surface area contributed by atoms with E-state index in [4.69, 9.17) is 0 Å². The van der Waals surface area contributed by atoms with Crippen LogP contribution in [0, 0.1) is 5.82 Å². The number of hydrogen-bond donors (Lipinski definition) is 3. The van der Waals surface area contributed by atoms with E-state index in [1.54, 1.807) is 11.1 Å². The lowest BCUT2D eigenvalue weighted by atomic mass is 9.68. The molecule has 2 aromatic rings. The highest BCUT2D eigenvalue weighted by molar-refractivity contribution is 5.91. The fraction of sp³-hybridized carbons (Fsp3) is 0.519. The summed E-state index contributed by atoms with van der Waals surface area (Å²) in [5.41, 5.74) is 0.201. The second kappa shape index (κ2) is 9.12. The highest BCUT2D eigenvalue weighted by Crippen LogP contribution is 2.50. The monoisotopic (exact) mass is 495 g/mol. The van der Waals surface area contributed by atoms with Gasteiger partial charge < -0.3 is 20.5 Å². The normalized spacial score (nSPS) is 28.3. The van der Waals surface area contributed by atoms with Crippen molar-refractivity contribution in [2.75, 3.05) is 11.9 Å². The van der Waals surface area contributed by atoms with Crippen LogP contribution in [0.1, 0.15) is 64.4 Å². The fourth-order valence-electron chi connectivity index (χ4n) is 6.17. The van der Waals surface area contributed by atoms with Crippen LogP contribution in [-0.4, -0.2) is 61.7 Å². The number of aromatic hydroxyl groups is 1. The van der Waals surface area contributed by atoms with Gasteiger partial charge in [-0.2, -0.15) is 5.06 Å². The molecule has 36 heavy (non-hydrogen) atoms. The molecule has 3 aliphatic rings. The van der Waals surface area contributed by atoms with Crippen molar-refractivity contribution in [3.05, 3.63) is 41.7 Å². The lowest BCUT2D eigenvalue weighted by Crippen LogP contribution is -2.67. The molecule has 0 radical (unpaired) electrons. The van der Waals surface area contributed by atoms with Gasteiger partial charge in [0.05, 0.1) is 5.69 Å². The summed E-state index contributed by atoms with van der Waals surface area (Å²) < 4.78 is 14.7. The van der Waals surface area contributed by atoms with Crippen LogP contribution < -0.4 is 10.2 Å². The first-order valence-electron chi connectivity index (χ1n) is 12.7. The summed E-state index contributed by atoms with van der Waals surface area (Å²) in [6.45, 7) is 4.31. The summed E-state index contributed by atoms with van der Waals surface area (Å²) in [7, 11) is 1.48. The third-order valence-electron chi connectivity index (χ3n) is 8.10. The number of hydrogen-bond acceptors (Lipinski definition) is 7. The van der Waals surface area contributed by atoms with Crippen LogP contribution in [0.4, 0.5) is 10.2 Å². The average Bonchev–Trinajstić information content (AvgIpc) is 3.67. The number of halogens is 1. The third kappa shape index (κ3) is 4.46. The summed E-state index contributed by atoms with van der Waals surface area (Å²) >= 11 is 0. The predicted octanol–water partition coefficient (Wildman–Crippen LogP) is 4.27. The van der Waals surface area contributed by atoms with E-state index >= 15 is 0 Å². The quantitative estimate of drug-likeness (QED) is 0.515. The Hall–Kier alpha value is -3.04. The van der Waals surface area contributed by atoms with Gasteiger partial charge >= 0.3 is 0 Å². The van der Waals surface area contributed by atoms with Crippen molar-refractivity contribution in [3.8, 4) is 17.0 Å². The van der Waals surface area contributed by atoms with E-state index in [0.717, 1.165) is 50.8 Å². The number of likely N-dealkylation sites (N-methyl/N-ethyl adjacent to an activating group) is 1. The molecule has 3 heterocycles. The van der Waals surface area contributed by atoms with Gasteiger partial charge in [0, 0.05) is 47.4 Å². The number of carbonyl (C=O) groups is 1. The van der Waals surface area contributed by atoms with Crippen molar-refractivity contribution < 1.29 is 19.5 Å². The molecule has 3 fully saturated rings. The van der Waals surface area contributed by atoms with Gasteiger partial charge in [0.25, 0.3) is 0 Å². The van der Waals surface area contributed by atoms with Crippen LogP contribution in [0.5, 0.6) is 5.75 Å². The number of carbonyl (C=O) groups excluding carboxylic acids is 1. The number of anilines is 1. The number of benzene rings is 1. The average molecular weight is 496 g/mol. The van der Waals surface area contributed by atoms with Crippen LogP contribution in [0.2, 0.25) is 0 Å². The SMILES string of the molecule is CNC(=O)/C=C/c1cc(O)c(-c2ccc(N(C3CC3)[C@H]3C[C@]4(C)CCC[C@](C)(C3)N4O)nn2)cc1F. The van der Waals surface area contributed by atoms with E-state index < -0.39 is 5.82 Å². The van der Waals surface area contributed by atoms with Gasteiger partial charge in [-0.3, -0.25) is 4.79 Å². The van der Waals surface area contributed by atoms with Crippen molar-refractivity contribution in [2.45, 2.75) is 82.0 Å². The summed E-state index contributed by atoms with van der Waals surface area (Å²) in [6.07, 6.45) is 9.50. The predicted molar refractivity (Wildman–Crippen MR) is 135 cm³/mol. The summed E-state index contributed by atoms with van der Waals surface area (Å²) in [6, 6.07) is 6.79. The van der Waals surface area contributed by atoms with Crippen molar-refractivity contribution in [1.29, 1.82) is 0 Å². The highest BCUT2D eigenvalue weighted by atomic mass is 19.1. The number of nitrogens with one attached hydrogen (secondary N) is 1. The molecule has 9 heteroatoms. The van der Waals surface area contributed by atoms with Crippen LogP contribution in [0.25, 0.3) is 17.3 Å². The largest absolute Gasteiger partial charge is 0.507 e. The Kier molecular flexibility index (Phi) is 6.24. The maximum atomic E-state index is 14.7. The molecule has 2 saturated heterocycles. The molecule has 3 atom stereocenters.